The standard InChI is InChI=1S/C29H38FN5O2/c1-18(2)33(6)29(37)25-12-24(30)7-8-26(25)35-17-23(28-19(3)13-31-14-27(28)35)11-22-9-10-34(16-22)15-20(4)32-21(5)36/h7-8,12-14,17-18,20,22H,9-11,15-16H2,1-6H3,(H,32,36)/t20-,22+/m0/s1. The van der Waals surface area contributed by atoms with Gasteiger partial charge in [-0.05, 0) is 82.3 Å². The summed E-state index contributed by atoms with van der Waals surface area (Å²) in [5.41, 5.74) is 4.18. The number of halogens is 1. The number of amides is 2. The number of carbonyl (C=O) groups excluding carboxylic acids is 2. The molecule has 1 aromatic carbocycles. The quantitative estimate of drug-likeness (QED) is 0.492. The van der Waals surface area contributed by atoms with E-state index in [4.69, 9.17) is 0 Å². The average Bonchev–Trinajstić information content (AvgIpc) is 3.42. The van der Waals surface area contributed by atoms with E-state index in [-0.39, 0.29) is 23.9 Å². The van der Waals surface area contributed by atoms with E-state index in [1.165, 1.54) is 17.7 Å². The van der Waals surface area contributed by atoms with Crippen LogP contribution in [0.1, 0.15) is 55.6 Å². The van der Waals surface area contributed by atoms with E-state index in [1.54, 1.807) is 24.9 Å². The fraction of sp³-hybridized carbons (Fsp3) is 0.483. The summed E-state index contributed by atoms with van der Waals surface area (Å²) in [5, 5.41) is 4.11. The van der Waals surface area contributed by atoms with Gasteiger partial charge in [-0.25, -0.2) is 4.39 Å². The van der Waals surface area contributed by atoms with Crippen LogP contribution in [0.5, 0.6) is 0 Å². The molecule has 0 spiro atoms. The highest BCUT2D eigenvalue weighted by atomic mass is 19.1. The van der Waals surface area contributed by atoms with Gasteiger partial charge in [0.05, 0.1) is 23.0 Å². The van der Waals surface area contributed by atoms with Gasteiger partial charge in [-0.3, -0.25) is 14.6 Å². The number of benzene rings is 1. The lowest BCUT2D eigenvalue weighted by Gasteiger charge is -2.23. The Balaban J connectivity index is 1.67. The SMILES string of the molecule is CC(=O)N[C@@H](C)CN1CC[C@H](Cc2cn(-c3ccc(F)cc3C(=O)N(C)C(C)C)c3cncc(C)c23)C1. The highest BCUT2D eigenvalue weighted by Gasteiger charge is 2.27. The predicted octanol–water partition coefficient (Wildman–Crippen LogP) is 4.34. The minimum absolute atomic E-state index is 0.00151. The Labute approximate surface area is 218 Å². The number of aromatic nitrogens is 2. The zero-order valence-electron chi connectivity index (χ0n) is 22.7. The smallest absolute Gasteiger partial charge is 0.256 e. The number of nitrogens with zero attached hydrogens (tertiary/aromatic N) is 4. The molecule has 2 amide bonds. The van der Waals surface area contributed by atoms with Crippen LogP contribution in [0.2, 0.25) is 0 Å². The topological polar surface area (TPSA) is 70.5 Å². The molecule has 2 atom stereocenters. The van der Waals surface area contributed by atoms with Crippen molar-refractivity contribution in [1.82, 2.24) is 24.7 Å². The molecule has 0 saturated carbocycles. The number of nitrogens with one attached hydrogen (secondary N) is 1. The van der Waals surface area contributed by atoms with Crippen LogP contribution in [0, 0.1) is 18.7 Å². The third-order valence-corrected chi connectivity index (χ3v) is 7.38. The van der Waals surface area contributed by atoms with Crippen molar-refractivity contribution in [2.75, 3.05) is 26.7 Å². The van der Waals surface area contributed by atoms with Crippen LogP contribution in [0.25, 0.3) is 16.6 Å². The third-order valence-electron chi connectivity index (χ3n) is 7.38. The fourth-order valence-electron chi connectivity index (χ4n) is 5.45. The number of hydrogen-bond acceptors (Lipinski definition) is 4. The maximum absolute atomic E-state index is 14.3. The van der Waals surface area contributed by atoms with Crippen molar-refractivity contribution in [2.45, 2.75) is 59.5 Å². The van der Waals surface area contributed by atoms with Gasteiger partial charge >= 0.3 is 0 Å². The Bertz CT molecular complexity index is 1300. The van der Waals surface area contributed by atoms with Crippen LogP contribution < -0.4 is 5.32 Å². The highest BCUT2D eigenvalue weighted by molar-refractivity contribution is 5.99. The summed E-state index contributed by atoms with van der Waals surface area (Å²) in [6, 6.07) is 4.52. The number of aryl methyl sites for hydroxylation is 1. The van der Waals surface area contributed by atoms with Crippen LogP contribution in [-0.4, -0.2) is 69.9 Å². The molecule has 198 valence electrons. The van der Waals surface area contributed by atoms with Crippen LogP contribution >= 0.6 is 0 Å². The summed E-state index contributed by atoms with van der Waals surface area (Å²) in [6.07, 6.45) is 7.78. The van der Waals surface area contributed by atoms with E-state index in [0.717, 1.165) is 48.9 Å². The molecule has 0 aliphatic carbocycles. The molecule has 1 aliphatic heterocycles. The van der Waals surface area contributed by atoms with E-state index >= 15 is 0 Å². The zero-order chi connectivity index (χ0) is 26.9. The minimum atomic E-state index is -0.435. The number of carbonyl (C=O) groups is 2. The monoisotopic (exact) mass is 507 g/mol. The molecular formula is C29H38FN5O2. The molecule has 1 saturated heterocycles. The number of hydrogen-bond donors (Lipinski definition) is 1. The van der Waals surface area contributed by atoms with E-state index in [1.807, 2.05) is 37.7 Å². The third kappa shape index (κ3) is 5.85. The van der Waals surface area contributed by atoms with Crippen molar-refractivity contribution < 1.29 is 14.0 Å². The second-order valence-corrected chi connectivity index (χ2v) is 10.8. The lowest BCUT2D eigenvalue weighted by molar-refractivity contribution is -0.119. The molecule has 7 nitrogen and oxygen atoms in total. The minimum Gasteiger partial charge on any atom is -0.353 e. The molecule has 37 heavy (non-hydrogen) atoms. The maximum atomic E-state index is 14.3. The number of fused-ring (bicyclic) bond motifs is 1. The van der Waals surface area contributed by atoms with Crippen molar-refractivity contribution in [2.24, 2.45) is 5.92 Å². The van der Waals surface area contributed by atoms with Crippen LogP contribution in [0.3, 0.4) is 0 Å². The first-order valence-corrected chi connectivity index (χ1v) is 13.1. The van der Waals surface area contributed by atoms with Crippen LogP contribution in [-0.2, 0) is 11.2 Å². The molecule has 0 unspecified atom stereocenters. The maximum Gasteiger partial charge on any atom is 0.256 e. The van der Waals surface area contributed by atoms with Gasteiger partial charge in [0.1, 0.15) is 5.82 Å². The van der Waals surface area contributed by atoms with E-state index in [0.29, 0.717) is 17.2 Å². The molecule has 2 aromatic heterocycles. The summed E-state index contributed by atoms with van der Waals surface area (Å²) in [6.45, 7) is 12.3. The van der Waals surface area contributed by atoms with Gasteiger partial charge in [-0.15, -0.1) is 0 Å². The van der Waals surface area contributed by atoms with Gasteiger partial charge in [0.15, 0.2) is 0 Å². The predicted molar refractivity (Wildman–Crippen MR) is 145 cm³/mol. The Kier molecular flexibility index (Phi) is 7.97. The molecule has 0 radical (unpaired) electrons. The average molecular weight is 508 g/mol. The molecule has 3 aromatic rings. The molecule has 3 heterocycles. The van der Waals surface area contributed by atoms with E-state index < -0.39 is 5.82 Å². The Morgan fingerprint density at radius 3 is 2.70 bits per heavy atom. The Morgan fingerprint density at radius 1 is 1.24 bits per heavy atom. The van der Waals surface area contributed by atoms with E-state index in [9.17, 15) is 14.0 Å². The van der Waals surface area contributed by atoms with Crippen LogP contribution in [0.4, 0.5) is 4.39 Å². The van der Waals surface area contributed by atoms with E-state index in [2.05, 4.69) is 28.3 Å². The van der Waals surface area contributed by atoms with Crippen molar-refractivity contribution in [3.8, 4) is 5.69 Å². The lowest BCUT2D eigenvalue weighted by Crippen LogP contribution is -2.40. The summed E-state index contributed by atoms with van der Waals surface area (Å²) < 4.78 is 16.3. The molecule has 1 fully saturated rings. The second-order valence-electron chi connectivity index (χ2n) is 10.8. The van der Waals surface area contributed by atoms with Gasteiger partial charge in [0.25, 0.3) is 5.91 Å². The molecule has 4 rings (SSSR count). The second kappa shape index (κ2) is 11.0. The normalized spacial score (nSPS) is 16.9. The first kappa shape index (κ1) is 26.8. The number of pyridine rings is 1. The van der Waals surface area contributed by atoms with Gasteiger partial charge in [0, 0.05) is 56.9 Å². The summed E-state index contributed by atoms with van der Waals surface area (Å²) in [4.78, 5) is 33.2. The van der Waals surface area contributed by atoms with Gasteiger partial charge in [-0.1, -0.05) is 0 Å². The van der Waals surface area contributed by atoms with Crippen molar-refractivity contribution in [3.63, 3.8) is 0 Å². The summed E-state index contributed by atoms with van der Waals surface area (Å²) in [5.74, 6) is -0.168. The highest BCUT2D eigenvalue weighted by Crippen LogP contribution is 2.32. The molecule has 1 aliphatic rings. The number of likely N-dealkylation sites (tertiary alicyclic amines) is 1. The first-order chi connectivity index (χ1) is 17.5. The van der Waals surface area contributed by atoms with Crippen molar-refractivity contribution >= 4 is 22.7 Å². The molecule has 0 bridgehead atoms. The molecular weight excluding hydrogens is 469 g/mol. The lowest BCUT2D eigenvalue weighted by atomic mass is 9.97. The molecule has 1 N–H and O–H groups in total. The van der Waals surface area contributed by atoms with Crippen molar-refractivity contribution in [1.29, 1.82) is 0 Å². The van der Waals surface area contributed by atoms with Gasteiger partial charge < -0.3 is 19.7 Å². The summed E-state index contributed by atoms with van der Waals surface area (Å²) >= 11 is 0. The Hall–Kier alpha value is -3.26. The Morgan fingerprint density at radius 2 is 2.00 bits per heavy atom. The zero-order valence-corrected chi connectivity index (χ0v) is 22.7. The van der Waals surface area contributed by atoms with Crippen LogP contribution in [0.15, 0.2) is 36.8 Å². The van der Waals surface area contributed by atoms with Gasteiger partial charge in [0.2, 0.25) is 5.91 Å². The summed E-state index contributed by atoms with van der Waals surface area (Å²) in [7, 11) is 1.74. The van der Waals surface area contributed by atoms with Crippen molar-refractivity contribution in [3.05, 3.63) is 59.3 Å². The fourth-order valence-corrected chi connectivity index (χ4v) is 5.45. The van der Waals surface area contributed by atoms with Gasteiger partial charge in [-0.2, -0.15) is 0 Å². The first-order valence-electron chi connectivity index (χ1n) is 13.1. The molecule has 8 heteroatoms. The number of rotatable bonds is 8. The largest absolute Gasteiger partial charge is 0.353 e.